The van der Waals surface area contributed by atoms with Gasteiger partial charge in [0.15, 0.2) is 0 Å². The minimum atomic E-state index is -0.269. The number of nitrogens with zero attached hydrogens (tertiary/aromatic N) is 1. The van der Waals surface area contributed by atoms with Crippen molar-refractivity contribution in [2.75, 3.05) is 13.0 Å². The van der Waals surface area contributed by atoms with E-state index < -0.39 is 0 Å². The van der Waals surface area contributed by atoms with Gasteiger partial charge in [-0.15, -0.1) is 11.6 Å². The zero-order valence-corrected chi connectivity index (χ0v) is 13.1. The Balaban J connectivity index is 2.15. The molecule has 4 heteroatoms. The average Bonchev–Trinajstić information content (AvgIpc) is 2.85. The van der Waals surface area contributed by atoms with E-state index in [0.717, 1.165) is 25.8 Å². The minimum absolute atomic E-state index is 0.269. The monoisotopic (exact) mass is 305 g/mol. The second-order valence-corrected chi connectivity index (χ2v) is 5.93. The fourth-order valence-electron chi connectivity index (χ4n) is 3.35. The number of esters is 1. The first-order valence-corrected chi connectivity index (χ1v) is 8.08. The molecule has 1 aliphatic rings. The molecule has 0 spiro atoms. The van der Waals surface area contributed by atoms with Crippen LogP contribution in [0.25, 0.3) is 10.9 Å². The molecule has 1 heterocycles. The molecule has 1 aromatic carbocycles. The maximum Gasteiger partial charge on any atom is 0.337 e. The molecule has 21 heavy (non-hydrogen) atoms. The highest BCUT2D eigenvalue weighted by Crippen LogP contribution is 2.33. The number of alkyl halides is 1. The van der Waals surface area contributed by atoms with Crippen LogP contribution >= 0.6 is 11.6 Å². The first kappa shape index (κ1) is 14.5. The van der Waals surface area contributed by atoms with E-state index in [1.807, 2.05) is 18.2 Å². The van der Waals surface area contributed by atoms with Gasteiger partial charge in [-0.25, -0.2) is 4.79 Å². The summed E-state index contributed by atoms with van der Waals surface area (Å²) in [5.41, 5.74) is 4.70. The van der Waals surface area contributed by atoms with Crippen molar-refractivity contribution in [2.24, 2.45) is 0 Å². The number of rotatable bonds is 4. The Hall–Kier alpha value is -1.48. The van der Waals surface area contributed by atoms with Gasteiger partial charge in [-0.3, -0.25) is 0 Å². The van der Waals surface area contributed by atoms with E-state index in [4.69, 9.17) is 16.3 Å². The number of ether oxygens (including phenoxy) is 1. The van der Waals surface area contributed by atoms with Crippen molar-refractivity contribution in [3.8, 4) is 0 Å². The summed E-state index contributed by atoms with van der Waals surface area (Å²) in [5, 5.41) is 1.21. The van der Waals surface area contributed by atoms with Gasteiger partial charge in [0.2, 0.25) is 0 Å². The highest BCUT2D eigenvalue weighted by molar-refractivity contribution is 6.17. The summed E-state index contributed by atoms with van der Waals surface area (Å²) >= 11 is 5.86. The SMILES string of the molecule is COC(=O)c1ccc2c(c1)c1c(n2CCCCl)CCCC1. The molecular formula is C17H20ClNO2. The number of fused-ring (bicyclic) bond motifs is 3. The molecule has 0 bridgehead atoms. The number of carbonyl (C=O) groups is 1. The van der Waals surface area contributed by atoms with Crippen LogP contribution in [-0.2, 0) is 24.1 Å². The lowest BCUT2D eigenvalue weighted by Gasteiger charge is -2.15. The number of hydrogen-bond acceptors (Lipinski definition) is 2. The molecule has 1 aromatic heterocycles. The van der Waals surface area contributed by atoms with E-state index in [1.54, 1.807) is 0 Å². The Kier molecular flexibility index (Phi) is 4.20. The van der Waals surface area contributed by atoms with Crippen molar-refractivity contribution in [3.63, 3.8) is 0 Å². The fourth-order valence-corrected chi connectivity index (χ4v) is 3.47. The second-order valence-electron chi connectivity index (χ2n) is 5.55. The molecule has 0 saturated carbocycles. The van der Waals surface area contributed by atoms with E-state index >= 15 is 0 Å². The van der Waals surface area contributed by atoms with Crippen LogP contribution in [0.15, 0.2) is 18.2 Å². The Bertz CT molecular complexity index is 675. The number of hydrogen-bond donors (Lipinski definition) is 0. The van der Waals surface area contributed by atoms with Gasteiger partial charge in [0.05, 0.1) is 12.7 Å². The van der Waals surface area contributed by atoms with E-state index in [0.29, 0.717) is 11.4 Å². The maximum atomic E-state index is 11.8. The third-order valence-corrected chi connectivity index (χ3v) is 4.58. The van der Waals surface area contributed by atoms with Crippen LogP contribution in [0.2, 0.25) is 0 Å². The number of halogens is 1. The fraction of sp³-hybridized carbons (Fsp3) is 0.471. The highest BCUT2D eigenvalue weighted by atomic mass is 35.5. The molecule has 0 aliphatic heterocycles. The Morgan fingerprint density at radius 1 is 1.33 bits per heavy atom. The van der Waals surface area contributed by atoms with Crippen molar-refractivity contribution < 1.29 is 9.53 Å². The summed E-state index contributed by atoms with van der Waals surface area (Å²) in [7, 11) is 1.42. The standard InChI is InChI=1S/C17H20ClNO2/c1-21-17(20)12-7-8-16-14(11-12)13-5-2-3-6-15(13)19(16)10-4-9-18/h7-8,11H,2-6,9-10H2,1H3. The van der Waals surface area contributed by atoms with E-state index in [1.165, 1.54) is 42.1 Å². The lowest BCUT2D eigenvalue weighted by atomic mass is 9.95. The predicted octanol–water partition coefficient (Wildman–Crippen LogP) is 3.94. The number of carbonyl (C=O) groups excluding carboxylic acids is 1. The van der Waals surface area contributed by atoms with Crippen LogP contribution in [0.3, 0.4) is 0 Å². The zero-order valence-electron chi connectivity index (χ0n) is 12.3. The molecule has 0 amide bonds. The maximum absolute atomic E-state index is 11.8. The summed E-state index contributed by atoms with van der Waals surface area (Å²) in [5.74, 6) is 0.407. The van der Waals surface area contributed by atoms with Crippen molar-refractivity contribution in [1.29, 1.82) is 0 Å². The van der Waals surface area contributed by atoms with Crippen molar-refractivity contribution >= 4 is 28.5 Å². The van der Waals surface area contributed by atoms with Crippen LogP contribution in [-0.4, -0.2) is 23.5 Å². The quantitative estimate of drug-likeness (QED) is 0.633. The molecular weight excluding hydrogens is 286 g/mol. The second kappa shape index (κ2) is 6.10. The van der Waals surface area contributed by atoms with Gasteiger partial charge in [-0.1, -0.05) is 0 Å². The van der Waals surface area contributed by atoms with Gasteiger partial charge in [0, 0.05) is 29.0 Å². The lowest BCUT2D eigenvalue weighted by molar-refractivity contribution is 0.0601. The van der Waals surface area contributed by atoms with Crippen LogP contribution in [0.5, 0.6) is 0 Å². The third kappa shape index (κ3) is 2.55. The molecule has 0 radical (unpaired) electrons. The molecule has 3 rings (SSSR count). The molecule has 1 aliphatic carbocycles. The van der Waals surface area contributed by atoms with E-state index in [-0.39, 0.29) is 5.97 Å². The molecule has 2 aromatic rings. The molecule has 0 atom stereocenters. The molecule has 0 fully saturated rings. The number of methoxy groups -OCH3 is 1. The first-order valence-electron chi connectivity index (χ1n) is 7.54. The Labute approximate surface area is 129 Å². The average molecular weight is 306 g/mol. The number of aryl methyl sites for hydroxylation is 2. The largest absolute Gasteiger partial charge is 0.465 e. The normalized spacial score (nSPS) is 14.2. The lowest BCUT2D eigenvalue weighted by Crippen LogP contribution is -2.08. The predicted molar refractivity (Wildman–Crippen MR) is 85.3 cm³/mol. The van der Waals surface area contributed by atoms with E-state index in [2.05, 4.69) is 4.57 Å². The van der Waals surface area contributed by atoms with Gasteiger partial charge < -0.3 is 9.30 Å². The van der Waals surface area contributed by atoms with Gasteiger partial charge >= 0.3 is 5.97 Å². The van der Waals surface area contributed by atoms with Crippen molar-refractivity contribution in [2.45, 2.75) is 38.6 Å². The molecule has 0 unspecified atom stereocenters. The topological polar surface area (TPSA) is 31.2 Å². The first-order chi connectivity index (χ1) is 10.3. The minimum Gasteiger partial charge on any atom is -0.465 e. The molecule has 0 N–H and O–H groups in total. The zero-order chi connectivity index (χ0) is 14.8. The number of benzene rings is 1. The smallest absolute Gasteiger partial charge is 0.337 e. The van der Waals surface area contributed by atoms with Gasteiger partial charge in [-0.05, 0) is 55.9 Å². The van der Waals surface area contributed by atoms with Crippen LogP contribution in [0.1, 0.15) is 40.9 Å². The van der Waals surface area contributed by atoms with Gasteiger partial charge in [0.25, 0.3) is 0 Å². The van der Waals surface area contributed by atoms with Gasteiger partial charge in [-0.2, -0.15) is 0 Å². The Morgan fingerprint density at radius 3 is 2.90 bits per heavy atom. The highest BCUT2D eigenvalue weighted by Gasteiger charge is 2.20. The summed E-state index contributed by atoms with van der Waals surface area (Å²) in [4.78, 5) is 11.8. The van der Waals surface area contributed by atoms with E-state index in [9.17, 15) is 4.79 Å². The van der Waals surface area contributed by atoms with Crippen LogP contribution in [0, 0.1) is 0 Å². The summed E-state index contributed by atoms with van der Waals surface area (Å²) < 4.78 is 7.23. The number of aromatic nitrogens is 1. The molecule has 3 nitrogen and oxygen atoms in total. The summed E-state index contributed by atoms with van der Waals surface area (Å²) in [6.07, 6.45) is 5.67. The Morgan fingerprint density at radius 2 is 2.14 bits per heavy atom. The summed E-state index contributed by atoms with van der Waals surface area (Å²) in [6.45, 7) is 0.951. The van der Waals surface area contributed by atoms with Crippen molar-refractivity contribution in [1.82, 2.24) is 4.57 Å². The summed E-state index contributed by atoms with van der Waals surface area (Å²) in [6, 6.07) is 5.90. The molecule has 112 valence electrons. The molecule has 0 saturated heterocycles. The van der Waals surface area contributed by atoms with Gasteiger partial charge in [0.1, 0.15) is 0 Å². The van der Waals surface area contributed by atoms with Crippen molar-refractivity contribution in [3.05, 3.63) is 35.0 Å². The van der Waals surface area contributed by atoms with Crippen LogP contribution < -0.4 is 0 Å². The third-order valence-electron chi connectivity index (χ3n) is 4.31. The van der Waals surface area contributed by atoms with Crippen LogP contribution in [0.4, 0.5) is 0 Å².